The monoisotopic (exact) mass is 458 g/mol. The van der Waals surface area contributed by atoms with Crippen molar-refractivity contribution in [3.8, 4) is 17.2 Å². The van der Waals surface area contributed by atoms with Gasteiger partial charge in [0.15, 0.2) is 17.3 Å². The molecule has 7 nitrogen and oxygen atoms in total. The van der Waals surface area contributed by atoms with Crippen LogP contribution < -0.4 is 26.1 Å². The number of carbonyl (C=O) groups excluding carboxylic acids is 1. The van der Waals surface area contributed by atoms with Gasteiger partial charge < -0.3 is 25.3 Å². The Kier molecular flexibility index (Phi) is 4.60. The number of anilines is 1. The van der Waals surface area contributed by atoms with E-state index in [9.17, 15) is 9.59 Å². The van der Waals surface area contributed by atoms with Gasteiger partial charge in [-0.3, -0.25) is 9.59 Å². The Morgan fingerprint density at radius 1 is 1.24 bits per heavy atom. The zero-order valence-electron chi connectivity index (χ0n) is 18.6. The molecule has 1 unspecified atom stereocenters. The summed E-state index contributed by atoms with van der Waals surface area (Å²) in [6.07, 6.45) is 2.27. The van der Waals surface area contributed by atoms with E-state index in [1.165, 1.54) is 12.3 Å². The van der Waals surface area contributed by atoms with Gasteiger partial charge in [-0.05, 0) is 42.3 Å². The number of pyridine rings is 1. The van der Waals surface area contributed by atoms with Crippen LogP contribution in [0.2, 0.25) is 0 Å². The molecule has 1 fully saturated rings. The van der Waals surface area contributed by atoms with Crippen LogP contribution in [0.1, 0.15) is 23.7 Å². The van der Waals surface area contributed by atoms with Gasteiger partial charge in [-0.1, -0.05) is 24.3 Å². The smallest absolute Gasteiger partial charge is 0.256 e. The quantitative estimate of drug-likeness (QED) is 0.431. The minimum Gasteiger partial charge on any atom is -0.451 e. The molecule has 0 bridgehead atoms. The van der Waals surface area contributed by atoms with Crippen LogP contribution in [0.15, 0.2) is 53.5 Å². The van der Waals surface area contributed by atoms with Gasteiger partial charge >= 0.3 is 0 Å². The number of amides is 1. The Hall–Kier alpha value is -3.91. The summed E-state index contributed by atoms with van der Waals surface area (Å²) in [6.45, 7) is 3.23. The zero-order chi connectivity index (χ0) is 23.6. The lowest BCUT2D eigenvalue weighted by Gasteiger charge is -2.29. The molecule has 8 heteroatoms. The minimum atomic E-state index is -0.572. The molecule has 0 saturated carbocycles. The van der Waals surface area contributed by atoms with Gasteiger partial charge in [0, 0.05) is 31.9 Å². The maximum atomic E-state index is 15.6. The van der Waals surface area contributed by atoms with Crippen LogP contribution in [0.25, 0.3) is 27.4 Å². The van der Waals surface area contributed by atoms with Crippen molar-refractivity contribution in [2.45, 2.75) is 19.4 Å². The Morgan fingerprint density at radius 3 is 2.71 bits per heavy atom. The van der Waals surface area contributed by atoms with Crippen LogP contribution in [-0.2, 0) is 0 Å². The van der Waals surface area contributed by atoms with Crippen molar-refractivity contribution < 1.29 is 13.9 Å². The minimum absolute atomic E-state index is 0.0448. The number of aromatic nitrogens is 1. The van der Waals surface area contributed by atoms with Gasteiger partial charge in [-0.2, -0.15) is 0 Å². The fourth-order valence-corrected chi connectivity index (χ4v) is 4.99. The van der Waals surface area contributed by atoms with Crippen LogP contribution in [0.5, 0.6) is 11.5 Å². The number of fused-ring (bicyclic) bond motifs is 3. The second-order valence-corrected chi connectivity index (χ2v) is 8.80. The van der Waals surface area contributed by atoms with E-state index in [1.807, 2.05) is 41.3 Å². The Balaban J connectivity index is 1.71. The van der Waals surface area contributed by atoms with E-state index in [2.05, 4.69) is 5.32 Å². The average Bonchev–Trinajstić information content (AvgIpc) is 3.25. The first-order valence-corrected chi connectivity index (χ1v) is 11.4. The first kappa shape index (κ1) is 20.7. The molecule has 1 saturated heterocycles. The summed E-state index contributed by atoms with van der Waals surface area (Å²) in [5.41, 5.74) is 6.93. The molecule has 4 aromatic rings. The lowest BCUT2D eigenvalue weighted by Crippen LogP contribution is -2.31. The highest BCUT2D eigenvalue weighted by Gasteiger charge is 2.32. The highest BCUT2D eigenvalue weighted by atomic mass is 19.1. The van der Waals surface area contributed by atoms with Crippen molar-refractivity contribution in [1.29, 1.82) is 0 Å². The van der Waals surface area contributed by atoms with Gasteiger partial charge in [0.25, 0.3) is 5.91 Å². The number of hydrogen-bond acceptors (Lipinski definition) is 5. The van der Waals surface area contributed by atoms with Crippen LogP contribution in [-0.4, -0.2) is 36.2 Å². The molecule has 0 spiro atoms. The second-order valence-electron chi connectivity index (χ2n) is 8.80. The molecule has 1 aromatic heterocycles. The predicted molar refractivity (Wildman–Crippen MR) is 130 cm³/mol. The molecule has 0 radical (unpaired) electrons. The molecule has 1 amide bonds. The third-order valence-electron chi connectivity index (χ3n) is 6.59. The normalized spacial score (nSPS) is 16.6. The summed E-state index contributed by atoms with van der Waals surface area (Å²) in [5.74, 6) is -0.277. The standard InChI is InChI=1S/C26H23FN4O3/c1-2-29-26(33)18-13-31-20-9-14-5-3-4-6-15(14)10-21(20)34-25-22(31)17(24(18)32)11-19(27)23(25)30-8-7-16(28)12-30/h3-6,9-11,13,16H,2,7-8,12,28H2,1H3,(H,29,33). The summed E-state index contributed by atoms with van der Waals surface area (Å²) in [4.78, 5) is 27.9. The SMILES string of the molecule is CCNC(=O)c1cn2c3c(c(N4CCC(N)C4)c(F)cc3c1=O)Oc1cc3ccccc3cc1-2. The maximum Gasteiger partial charge on any atom is 0.256 e. The van der Waals surface area contributed by atoms with Crippen molar-refractivity contribution >= 4 is 33.3 Å². The Labute approximate surface area is 194 Å². The highest BCUT2D eigenvalue weighted by molar-refractivity contribution is 6.02. The van der Waals surface area contributed by atoms with E-state index in [1.54, 1.807) is 11.5 Å². The summed E-state index contributed by atoms with van der Waals surface area (Å²) in [6, 6.07) is 12.8. The van der Waals surface area contributed by atoms with Gasteiger partial charge in [0.05, 0.1) is 11.1 Å². The molecule has 1 atom stereocenters. The molecule has 6 rings (SSSR count). The maximum absolute atomic E-state index is 15.6. The van der Waals surface area contributed by atoms with E-state index < -0.39 is 17.2 Å². The van der Waals surface area contributed by atoms with E-state index >= 15 is 4.39 Å². The van der Waals surface area contributed by atoms with Crippen LogP contribution in [0.3, 0.4) is 0 Å². The first-order chi connectivity index (χ1) is 16.5. The molecule has 3 aromatic carbocycles. The third-order valence-corrected chi connectivity index (χ3v) is 6.59. The van der Waals surface area contributed by atoms with Gasteiger partial charge in [0.1, 0.15) is 16.8 Å². The van der Waals surface area contributed by atoms with E-state index in [0.29, 0.717) is 36.6 Å². The van der Waals surface area contributed by atoms with Crippen molar-refractivity contribution in [2.24, 2.45) is 5.73 Å². The summed E-state index contributed by atoms with van der Waals surface area (Å²) >= 11 is 0. The number of ether oxygens (including phenoxy) is 1. The van der Waals surface area contributed by atoms with Crippen LogP contribution in [0, 0.1) is 5.82 Å². The van der Waals surface area contributed by atoms with E-state index in [0.717, 1.165) is 17.2 Å². The van der Waals surface area contributed by atoms with Crippen molar-refractivity contribution in [3.63, 3.8) is 0 Å². The lowest BCUT2D eigenvalue weighted by molar-refractivity contribution is 0.0954. The largest absolute Gasteiger partial charge is 0.451 e. The van der Waals surface area contributed by atoms with Crippen molar-refractivity contribution in [3.05, 3.63) is 70.3 Å². The molecular weight excluding hydrogens is 435 g/mol. The number of carbonyl (C=O) groups is 1. The summed E-state index contributed by atoms with van der Waals surface area (Å²) < 4.78 is 23.7. The fourth-order valence-electron chi connectivity index (χ4n) is 4.99. The van der Waals surface area contributed by atoms with Crippen LogP contribution >= 0.6 is 0 Å². The molecular formula is C26H23FN4O3. The molecule has 3 heterocycles. The Bertz CT molecular complexity index is 1560. The number of hydrogen-bond donors (Lipinski definition) is 2. The van der Waals surface area contributed by atoms with Crippen LogP contribution in [0.4, 0.5) is 10.1 Å². The molecule has 34 heavy (non-hydrogen) atoms. The molecule has 0 aliphatic carbocycles. The number of nitrogens with zero attached hydrogens (tertiary/aromatic N) is 2. The Morgan fingerprint density at radius 2 is 2.00 bits per heavy atom. The zero-order valence-corrected chi connectivity index (χ0v) is 18.6. The lowest BCUT2D eigenvalue weighted by atomic mass is 10.0. The number of nitrogens with two attached hydrogens (primary N) is 1. The van der Waals surface area contributed by atoms with E-state index in [-0.39, 0.29) is 28.4 Å². The van der Waals surface area contributed by atoms with E-state index in [4.69, 9.17) is 10.5 Å². The average molecular weight is 458 g/mol. The van der Waals surface area contributed by atoms with Gasteiger partial charge in [-0.25, -0.2) is 4.39 Å². The second kappa shape index (κ2) is 7.56. The highest BCUT2D eigenvalue weighted by Crippen LogP contribution is 2.47. The number of rotatable bonds is 3. The topological polar surface area (TPSA) is 89.6 Å². The predicted octanol–water partition coefficient (Wildman–Crippen LogP) is 3.68. The molecule has 3 N–H and O–H groups in total. The summed E-state index contributed by atoms with van der Waals surface area (Å²) in [7, 11) is 0. The van der Waals surface area contributed by atoms with Gasteiger partial charge in [-0.15, -0.1) is 0 Å². The van der Waals surface area contributed by atoms with Gasteiger partial charge in [0.2, 0.25) is 5.43 Å². The van der Waals surface area contributed by atoms with Crippen molar-refractivity contribution in [2.75, 3.05) is 24.5 Å². The fraction of sp³-hybridized carbons (Fsp3) is 0.231. The number of halogens is 1. The third kappa shape index (κ3) is 2.99. The molecule has 2 aliphatic heterocycles. The summed E-state index contributed by atoms with van der Waals surface area (Å²) in [5, 5.41) is 4.72. The number of benzene rings is 3. The molecule has 172 valence electrons. The first-order valence-electron chi connectivity index (χ1n) is 11.4. The molecule has 2 aliphatic rings. The van der Waals surface area contributed by atoms with Crippen molar-refractivity contribution in [1.82, 2.24) is 9.88 Å². The number of nitrogens with one attached hydrogen (secondary N) is 1.